The van der Waals surface area contributed by atoms with Gasteiger partial charge in [0.15, 0.2) is 0 Å². The van der Waals surface area contributed by atoms with Crippen LogP contribution in [0.3, 0.4) is 0 Å². The summed E-state index contributed by atoms with van der Waals surface area (Å²) in [4.78, 5) is 3.99. The zero-order chi connectivity index (χ0) is 46.9. The number of benzene rings is 9. The van der Waals surface area contributed by atoms with Crippen molar-refractivity contribution in [3.63, 3.8) is 0 Å². The molecular weight excluding hydrogens is 888 g/mol. The van der Waals surface area contributed by atoms with E-state index in [4.69, 9.17) is 4.42 Å². The van der Waals surface area contributed by atoms with Crippen molar-refractivity contribution in [1.82, 2.24) is 4.57 Å². The summed E-state index contributed by atoms with van der Waals surface area (Å²) in [6.45, 7) is 13.8. The lowest BCUT2D eigenvalue weighted by molar-refractivity contribution is 0.590. The molecule has 2 aliphatic heterocycles. The average Bonchev–Trinajstić information content (AvgIpc) is 4.12. The van der Waals surface area contributed by atoms with Crippen molar-refractivity contribution >= 4 is 126 Å². The van der Waals surface area contributed by atoms with Crippen LogP contribution in [0.2, 0.25) is 0 Å². The molecule has 2 aliphatic rings. The first-order valence-electron chi connectivity index (χ1n) is 24.5. The van der Waals surface area contributed by atoms with E-state index >= 15 is 0 Å². The topological polar surface area (TPSA) is 21.3 Å². The summed E-state index contributed by atoms with van der Waals surface area (Å²) in [5, 5.41) is 8.73. The summed E-state index contributed by atoms with van der Waals surface area (Å²) >= 11 is 3.83. The lowest BCUT2D eigenvalue weighted by atomic mass is 9.44. The number of anilines is 2. The Morgan fingerprint density at radius 2 is 1.16 bits per heavy atom. The summed E-state index contributed by atoms with van der Waals surface area (Å²) in [6, 6.07) is 66.8. The highest BCUT2D eigenvalue weighted by Gasteiger charge is 2.45. The van der Waals surface area contributed by atoms with E-state index < -0.39 is 0 Å². The third-order valence-corrected chi connectivity index (χ3v) is 17.8. The van der Waals surface area contributed by atoms with Crippen LogP contribution in [0.4, 0.5) is 11.4 Å². The first kappa shape index (κ1) is 40.5. The van der Waals surface area contributed by atoms with Crippen LogP contribution >= 0.6 is 22.7 Å². The molecular formula is C64H47BN2OS2. The molecule has 334 valence electrons. The molecule has 3 nitrogen and oxygen atoms in total. The molecule has 15 rings (SSSR count). The van der Waals surface area contributed by atoms with E-state index in [1.165, 1.54) is 118 Å². The lowest BCUT2D eigenvalue weighted by Crippen LogP contribution is -2.60. The molecule has 0 unspecified atom stereocenters. The molecule has 6 heteroatoms. The molecule has 0 bridgehead atoms. The molecule has 13 aromatic rings. The molecule has 6 heterocycles. The molecule has 0 fully saturated rings. The van der Waals surface area contributed by atoms with E-state index in [1.54, 1.807) is 0 Å². The van der Waals surface area contributed by atoms with Gasteiger partial charge < -0.3 is 13.8 Å². The molecule has 0 N–H and O–H groups in total. The quantitative estimate of drug-likeness (QED) is 0.165. The Hall–Kier alpha value is -7.38. The number of rotatable bonds is 3. The molecule has 9 aromatic carbocycles. The van der Waals surface area contributed by atoms with E-state index in [2.05, 4.69) is 227 Å². The van der Waals surface area contributed by atoms with Gasteiger partial charge in [0, 0.05) is 90.9 Å². The first-order valence-corrected chi connectivity index (χ1v) is 26.1. The van der Waals surface area contributed by atoms with Gasteiger partial charge in [-0.05, 0) is 110 Å². The summed E-state index contributed by atoms with van der Waals surface area (Å²) in [5.74, 6) is 0. The maximum absolute atomic E-state index is 6.70. The zero-order valence-electron chi connectivity index (χ0n) is 39.9. The number of hydrogen-bond acceptors (Lipinski definition) is 4. The third kappa shape index (κ3) is 5.63. The molecule has 0 radical (unpaired) electrons. The van der Waals surface area contributed by atoms with E-state index in [-0.39, 0.29) is 17.7 Å². The Kier molecular flexibility index (Phi) is 8.17. The number of nitrogens with zero attached hydrogens (tertiary/aromatic N) is 2. The Morgan fingerprint density at radius 1 is 0.457 bits per heavy atom. The fourth-order valence-corrected chi connectivity index (χ4v) is 14.4. The largest absolute Gasteiger partial charge is 0.456 e. The monoisotopic (exact) mass is 934 g/mol. The summed E-state index contributed by atoms with van der Waals surface area (Å²) in [5.41, 5.74) is 19.6. The molecule has 0 spiro atoms. The molecule has 0 saturated heterocycles. The Balaban J connectivity index is 1.10. The van der Waals surface area contributed by atoms with Crippen molar-refractivity contribution in [3.8, 4) is 38.4 Å². The maximum atomic E-state index is 6.70. The van der Waals surface area contributed by atoms with Crippen molar-refractivity contribution in [2.24, 2.45) is 0 Å². The van der Waals surface area contributed by atoms with Crippen molar-refractivity contribution < 1.29 is 4.42 Å². The minimum absolute atomic E-state index is 0.0207. The average molecular weight is 935 g/mol. The predicted molar refractivity (Wildman–Crippen MR) is 304 cm³/mol. The zero-order valence-corrected chi connectivity index (χ0v) is 41.6. The lowest BCUT2D eigenvalue weighted by Gasteiger charge is -2.42. The molecule has 0 saturated carbocycles. The van der Waals surface area contributed by atoms with Crippen molar-refractivity contribution in [1.29, 1.82) is 0 Å². The standard InChI is InChI=1S/C64H47BN2OS2/c1-63(2,3)38-21-24-40(25-22-38)67-52-35-58-48(47-29-39(64(4,5)6)23-28-56(47)69-58)31-44(52)42-26-27-43-45-30-46-41-19-13-14-20-54(41)68-55(46)34-51(45)66-53-32-49-57(33-50(53)65(67)60(42)61(43)66)70-62(37-17-11-8-12-18-37)59(49)36-15-9-7-10-16-36/h7-35H,1-6H3. The van der Waals surface area contributed by atoms with Crippen LogP contribution in [-0.2, 0) is 10.8 Å². The SMILES string of the molecule is CC(C)(C)c1ccc(N2B3c4cc5sc(-c6ccccc6)c(-c6ccccc6)c5cc4-n4c5cc6oc7ccccc7c6cc5c5ccc(c3c54)-c3cc4c(cc32)sc2ccc(C(C)(C)C)cc24)cc1. The predicted octanol–water partition coefficient (Wildman–Crippen LogP) is 17.4. The van der Waals surface area contributed by atoms with Gasteiger partial charge in [-0.1, -0.05) is 151 Å². The fourth-order valence-electron chi connectivity index (χ4n) is 12.0. The van der Waals surface area contributed by atoms with Gasteiger partial charge in [-0.3, -0.25) is 0 Å². The summed E-state index contributed by atoms with van der Waals surface area (Å²) < 4.78 is 13.2. The Bertz CT molecular complexity index is 4370. The highest BCUT2D eigenvalue weighted by atomic mass is 32.1. The number of furan rings is 1. The van der Waals surface area contributed by atoms with Gasteiger partial charge in [0.1, 0.15) is 11.2 Å². The van der Waals surface area contributed by atoms with Gasteiger partial charge in [0.2, 0.25) is 0 Å². The van der Waals surface area contributed by atoms with Gasteiger partial charge >= 0.3 is 6.85 Å². The van der Waals surface area contributed by atoms with E-state index in [0.29, 0.717) is 0 Å². The minimum atomic E-state index is -0.117. The Morgan fingerprint density at radius 3 is 1.93 bits per heavy atom. The van der Waals surface area contributed by atoms with Crippen LogP contribution in [0.5, 0.6) is 0 Å². The van der Waals surface area contributed by atoms with Gasteiger partial charge in [-0.25, -0.2) is 0 Å². The van der Waals surface area contributed by atoms with Crippen LogP contribution in [0.15, 0.2) is 180 Å². The molecule has 4 aromatic heterocycles. The third-order valence-electron chi connectivity index (χ3n) is 15.5. The summed E-state index contributed by atoms with van der Waals surface area (Å²) in [6.07, 6.45) is 0. The highest BCUT2D eigenvalue weighted by Crippen LogP contribution is 2.52. The van der Waals surface area contributed by atoms with Crippen LogP contribution in [0.25, 0.3) is 112 Å². The van der Waals surface area contributed by atoms with Gasteiger partial charge in [-0.2, -0.15) is 0 Å². The number of fused-ring (bicyclic) bond motifs is 15. The van der Waals surface area contributed by atoms with Crippen LogP contribution in [0, 0.1) is 0 Å². The van der Waals surface area contributed by atoms with E-state index in [0.717, 1.165) is 27.5 Å². The van der Waals surface area contributed by atoms with Crippen LogP contribution in [0.1, 0.15) is 52.7 Å². The number of aromatic nitrogens is 1. The normalized spacial score (nSPS) is 13.5. The van der Waals surface area contributed by atoms with Crippen molar-refractivity contribution in [2.45, 2.75) is 52.4 Å². The van der Waals surface area contributed by atoms with Crippen molar-refractivity contribution in [2.75, 3.05) is 4.81 Å². The number of para-hydroxylation sites is 1. The second-order valence-corrected chi connectivity index (χ2v) is 23.8. The molecule has 70 heavy (non-hydrogen) atoms. The van der Waals surface area contributed by atoms with Gasteiger partial charge in [-0.15, -0.1) is 22.7 Å². The summed E-state index contributed by atoms with van der Waals surface area (Å²) in [7, 11) is 0. The van der Waals surface area contributed by atoms with Gasteiger partial charge in [0.05, 0.1) is 11.0 Å². The first-order chi connectivity index (χ1) is 34.0. The van der Waals surface area contributed by atoms with Crippen LogP contribution < -0.4 is 15.7 Å². The van der Waals surface area contributed by atoms with E-state index in [9.17, 15) is 0 Å². The van der Waals surface area contributed by atoms with Crippen LogP contribution in [-0.4, -0.2) is 11.4 Å². The maximum Gasteiger partial charge on any atom is 0.333 e. The number of thiophene rings is 2. The Labute approximate surface area is 414 Å². The van der Waals surface area contributed by atoms with E-state index in [1.807, 2.05) is 22.7 Å². The van der Waals surface area contributed by atoms with Gasteiger partial charge in [0.25, 0.3) is 0 Å². The molecule has 0 amide bonds. The van der Waals surface area contributed by atoms with Crippen molar-refractivity contribution in [3.05, 3.63) is 187 Å². The number of hydrogen-bond donors (Lipinski definition) is 0. The fraction of sp³-hybridized carbons (Fsp3) is 0.125. The molecule has 0 aliphatic carbocycles. The minimum Gasteiger partial charge on any atom is -0.456 e. The highest BCUT2D eigenvalue weighted by molar-refractivity contribution is 7.26. The second-order valence-electron chi connectivity index (χ2n) is 21.7. The second kappa shape index (κ2) is 14.1. The molecule has 0 atom stereocenters. The smallest absolute Gasteiger partial charge is 0.333 e.